The summed E-state index contributed by atoms with van der Waals surface area (Å²) in [5.41, 5.74) is 2.07. The number of para-hydroxylation sites is 1. The molecular weight excluding hydrogens is 266 g/mol. The van der Waals surface area contributed by atoms with Gasteiger partial charge in [-0.25, -0.2) is 0 Å². The van der Waals surface area contributed by atoms with Crippen LogP contribution in [0.5, 0.6) is 5.75 Å². The van der Waals surface area contributed by atoms with E-state index in [1.165, 1.54) is 0 Å². The molecule has 4 nitrogen and oxygen atoms in total. The first-order chi connectivity index (χ1) is 9.97. The molecule has 2 rings (SSSR count). The van der Waals surface area contributed by atoms with Crippen molar-refractivity contribution in [2.45, 2.75) is 27.3 Å². The molecule has 0 aliphatic carbocycles. The van der Waals surface area contributed by atoms with Gasteiger partial charge in [0.15, 0.2) is 6.61 Å². The first-order valence-electron chi connectivity index (χ1n) is 6.95. The first kappa shape index (κ1) is 15.2. The molecule has 4 heteroatoms. The van der Waals surface area contributed by atoms with Crippen molar-refractivity contribution in [2.75, 3.05) is 13.7 Å². The predicted octanol–water partition coefficient (Wildman–Crippen LogP) is 3.24. The molecule has 0 aliphatic heterocycles. The Hall–Kier alpha value is -2.23. The topological polar surface area (TPSA) is 42.7 Å². The van der Waals surface area contributed by atoms with Crippen LogP contribution in [-0.2, 0) is 11.3 Å². The molecule has 0 unspecified atom stereocenters. The van der Waals surface area contributed by atoms with Gasteiger partial charge in [0.1, 0.15) is 17.3 Å². The van der Waals surface area contributed by atoms with Gasteiger partial charge >= 0.3 is 0 Å². The van der Waals surface area contributed by atoms with Gasteiger partial charge in [-0.1, -0.05) is 18.2 Å². The summed E-state index contributed by atoms with van der Waals surface area (Å²) in [7, 11) is 1.74. The summed E-state index contributed by atoms with van der Waals surface area (Å²) in [5, 5.41) is 0. The highest BCUT2D eigenvalue weighted by Crippen LogP contribution is 2.22. The van der Waals surface area contributed by atoms with Crippen molar-refractivity contribution in [3.63, 3.8) is 0 Å². The van der Waals surface area contributed by atoms with Crippen molar-refractivity contribution in [3.05, 3.63) is 53.0 Å². The Bertz CT molecular complexity index is 610. The summed E-state index contributed by atoms with van der Waals surface area (Å²) in [4.78, 5) is 13.7. The van der Waals surface area contributed by atoms with Crippen molar-refractivity contribution in [2.24, 2.45) is 0 Å². The highest BCUT2D eigenvalue weighted by atomic mass is 16.5. The van der Waals surface area contributed by atoms with E-state index in [0.717, 1.165) is 28.4 Å². The summed E-state index contributed by atoms with van der Waals surface area (Å²) in [6.45, 7) is 6.31. The molecule has 0 saturated carbocycles. The van der Waals surface area contributed by atoms with E-state index in [2.05, 4.69) is 0 Å². The van der Waals surface area contributed by atoms with Crippen LogP contribution in [0.25, 0.3) is 0 Å². The minimum atomic E-state index is -0.0771. The number of ether oxygens (including phenoxy) is 1. The zero-order valence-electron chi connectivity index (χ0n) is 13.0. The quantitative estimate of drug-likeness (QED) is 0.848. The Morgan fingerprint density at radius 1 is 1.14 bits per heavy atom. The van der Waals surface area contributed by atoms with Crippen molar-refractivity contribution < 1.29 is 13.9 Å². The molecule has 0 N–H and O–H groups in total. The average molecular weight is 287 g/mol. The highest BCUT2D eigenvalue weighted by Gasteiger charge is 2.13. The minimum Gasteiger partial charge on any atom is -0.483 e. The van der Waals surface area contributed by atoms with Gasteiger partial charge in [-0.2, -0.15) is 0 Å². The van der Waals surface area contributed by atoms with E-state index < -0.39 is 0 Å². The number of hydrogen-bond donors (Lipinski definition) is 0. The molecule has 1 amide bonds. The maximum Gasteiger partial charge on any atom is 0.260 e. The zero-order valence-corrected chi connectivity index (χ0v) is 13.0. The third-order valence-corrected chi connectivity index (χ3v) is 3.36. The van der Waals surface area contributed by atoms with Gasteiger partial charge in [-0.05, 0) is 44.0 Å². The first-order valence-corrected chi connectivity index (χ1v) is 6.95. The fraction of sp³-hybridized carbons (Fsp3) is 0.353. The fourth-order valence-corrected chi connectivity index (χ4v) is 2.16. The number of hydrogen-bond acceptors (Lipinski definition) is 3. The number of furan rings is 1. The fourth-order valence-electron chi connectivity index (χ4n) is 2.16. The van der Waals surface area contributed by atoms with Crippen LogP contribution in [0.1, 0.15) is 22.6 Å². The molecule has 1 aromatic carbocycles. The number of benzene rings is 1. The Labute approximate surface area is 125 Å². The monoisotopic (exact) mass is 287 g/mol. The molecule has 0 bridgehead atoms. The normalized spacial score (nSPS) is 10.5. The van der Waals surface area contributed by atoms with E-state index >= 15 is 0 Å². The number of nitrogens with zero attached hydrogens (tertiary/aromatic N) is 1. The molecule has 0 atom stereocenters. The SMILES string of the molecule is Cc1ccc(CN(C)C(=O)COc2c(C)cccc2C)o1. The summed E-state index contributed by atoms with van der Waals surface area (Å²) < 4.78 is 11.1. The summed E-state index contributed by atoms with van der Waals surface area (Å²) in [6.07, 6.45) is 0. The van der Waals surface area contributed by atoms with E-state index in [1.54, 1.807) is 11.9 Å². The number of carbonyl (C=O) groups is 1. The third-order valence-electron chi connectivity index (χ3n) is 3.36. The largest absolute Gasteiger partial charge is 0.483 e. The zero-order chi connectivity index (χ0) is 15.4. The molecule has 112 valence electrons. The standard InChI is InChI=1S/C17H21NO3/c1-12-6-5-7-13(2)17(12)20-11-16(19)18(4)10-15-9-8-14(3)21-15/h5-9H,10-11H2,1-4H3. The lowest BCUT2D eigenvalue weighted by atomic mass is 10.1. The van der Waals surface area contributed by atoms with Gasteiger partial charge in [-0.3, -0.25) is 4.79 Å². The van der Waals surface area contributed by atoms with Crippen molar-refractivity contribution in [1.29, 1.82) is 0 Å². The van der Waals surface area contributed by atoms with E-state index in [4.69, 9.17) is 9.15 Å². The molecule has 2 aromatic rings. The molecule has 0 spiro atoms. The van der Waals surface area contributed by atoms with Gasteiger partial charge in [-0.15, -0.1) is 0 Å². The molecule has 1 aromatic heterocycles. The van der Waals surface area contributed by atoms with Crippen LogP contribution in [0.2, 0.25) is 0 Å². The van der Waals surface area contributed by atoms with Gasteiger partial charge in [0.05, 0.1) is 6.54 Å². The highest BCUT2D eigenvalue weighted by molar-refractivity contribution is 5.77. The van der Waals surface area contributed by atoms with Crippen LogP contribution in [-0.4, -0.2) is 24.5 Å². The lowest BCUT2D eigenvalue weighted by molar-refractivity contribution is -0.132. The van der Waals surface area contributed by atoms with E-state index in [1.807, 2.05) is 51.1 Å². The molecule has 0 saturated heterocycles. The maximum atomic E-state index is 12.1. The van der Waals surface area contributed by atoms with Crippen LogP contribution < -0.4 is 4.74 Å². The van der Waals surface area contributed by atoms with Gasteiger partial charge in [0, 0.05) is 7.05 Å². The summed E-state index contributed by atoms with van der Waals surface area (Å²) in [6, 6.07) is 9.70. The number of carbonyl (C=O) groups excluding carboxylic acids is 1. The van der Waals surface area contributed by atoms with Crippen molar-refractivity contribution in [1.82, 2.24) is 4.90 Å². The molecular formula is C17H21NO3. The predicted molar refractivity (Wildman–Crippen MR) is 81.3 cm³/mol. The van der Waals surface area contributed by atoms with Crippen LogP contribution in [0, 0.1) is 20.8 Å². The Kier molecular flexibility index (Phi) is 4.68. The Balaban J connectivity index is 1.92. The maximum absolute atomic E-state index is 12.1. The minimum absolute atomic E-state index is 0.0296. The molecule has 0 radical (unpaired) electrons. The second-order valence-corrected chi connectivity index (χ2v) is 5.27. The summed E-state index contributed by atoms with van der Waals surface area (Å²) >= 11 is 0. The van der Waals surface area contributed by atoms with E-state index in [0.29, 0.717) is 6.54 Å². The van der Waals surface area contributed by atoms with Crippen LogP contribution in [0.4, 0.5) is 0 Å². The smallest absolute Gasteiger partial charge is 0.260 e. The number of aryl methyl sites for hydroxylation is 3. The second kappa shape index (κ2) is 6.48. The molecule has 0 fully saturated rings. The number of amides is 1. The third kappa shape index (κ3) is 3.88. The Morgan fingerprint density at radius 3 is 2.38 bits per heavy atom. The van der Waals surface area contributed by atoms with Crippen LogP contribution in [0.15, 0.2) is 34.7 Å². The molecule has 21 heavy (non-hydrogen) atoms. The van der Waals surface area contributed by atoms with Crippen molar-refractivity contribution >= 4 is 5.91 Å². The van der Waals surface area contributed by atoms with E-state index in [-0.39, 0.29) is 12.5 Å². The molecule has 1 heterocycles. The lowest BCUT2D eigenvalue weighted by Crippen LogP contribution is -2.31. The number of rotatable bonds is 5. The van der Waals surface area contributed by atoms with Gasteiger partial charge in [0.25, 0.3) is 5.91 Å². The second-order valence-electron chi connectivity index (χ2n) is 5.27. The van der Waals surface area contributed by atoms with Crippen molar-refractivity contribution in [3.8, 4) is 5.75 Å². The summed E-state index contributed by atoms with van der Waals surface area (Å²) in [5.74, 6) is 2.33. The van der Waals surface area contributed by atoms with Gasteiger partial charge < -0.3 is 14.1 Å². The van der Waals surface area contributed by atoms with E-state index in [9.17, 15) is 4.79 Å². The van der Waals surface area contributed by atoms with Crippen LogP contribution in [0.3, 0.4) is 0 Å². The number of likely N-dealkylation sites (N-methyl/N-ethyl adjacent to an activating group) is 1. The van der Waals surface area contributed by atoms with Crippen LogP contribution >= 0.6 is 0 Å². The lowest BCUT2D eigenvalue weighted by Gasteiger charge is -2.17. The van der Waals surface area contributed by atoms with Gasteiger partial charge in [0.2, 0.25) is 0 Å². The molecule has 0 aliphatic rings. The average Bonchev–Trinajstić information content (AvgIpc) is 2.83. The Morgan fingerprint density at radius 2 is 1.81 bits per heavy atom.